The van der Waals surface area contributed by atoms with Crippen molar-refractivity contribution in [2.24, 2.45) is 0 Å². The molecule has 0 fully saturated rings. The van der Waals surface area contributed by atoms with Crippen molar-refractivity contribution in [3.63, 3.8) is 0 Å². The Kier molecular flexibility index (Phi) is 7.29. The summed E-state index contributed by atoms with van der Waals surface area (Å²) in [5.41, 5.74) is 24.1. The number of nitrogens with zero attached hydrogens (tertiary/aromatic N) is 2. The van der Waals surface area contributed by atoms with Gasteiger partial charge >= 0.3 is 6.85 Å². The molecule has 0 saturated carbocycles. The second-order valence-corrected chi connectivity index (χ2v) is 18.4. The van der Waals surface area contributed by atoms with Crippen molar-refractivity contribution < 1.29 is 0 Å². The lowest BCUT2D eigenvalue weighted by atomic mass is 9.43. The molecule has 0 unspecified atom stereocenters. The number of hydrogen-bond acceptors (Lipinski definition) is 1. The second-order valence-electron chi connectivity index (χ2n) is 18.4. The normalized spacial score (nSPS) is 13.8. The summed E-state index contributed by atoms with van der Waals surface area (Å²) in [7, 11) is 0. The molecule has 3 heterocycles. The van der Waals surface area contributed by atoms with Crippen molar-refractivity contribution in [2.75, 3.05) is 4.81 Å². The van der Waals surface area contributed by atoms with Gasteiger partial charge in [0.05, 0.1) is 11.0 Å². The van der Waals surface area contributed by atoms with Crippen LogP contribution < -0.4 is 15.7 Å². The van der Waals surface area contributed by atoms with Crippen molar-refractivity contribution in [2.45, 2.75) is 19.3 Å². The van der Waals surface area contributed by atoms with Gasteiger partial charge in [-0.1, -0.05) is 178 Å². The zero-order valence-corrected chi connectivity index (χ0v) is 35.7. The second kappa shape index (κ2) is 13.1. The van der Waals surface area contributed by atoms with Crippen LogP contribution in [0.25, 0.3) is 93.9 Å². The zero-order valence-electron chi connectivity index (χ0n) is 35.7. The summed E-state index contributed by atoms with van der Waals surface area (Å²) in [6, 6.07) is 79.7. The molecule has 11 aromatic rings. The predicted molar refractivity (Wildman–Crippen MR) is 271 cm³/mol. The Hall–Kier alpha value is -7.88. The summed E-state index contributed by atoms with van der Waals surface area (Å²) in [4.78, 5) is 2.70. The van der Waals surface area contributed by atoms with E-state index in [1.807, 2.05) is 0 Å². The standard InChI is InChI=1S/C61H41BN2/c1-61(2)52-25-15-14-24-47(52)48-36-51-56(37-53(48)61)64(45-29-26-41(27-30-45)38-16-6-3-7-17-38)62-54-34-44(40-20-10-5-11-21-40)33-50-49-32-42(39-18-8-4-9-19-39)28-31-55(49)63(60(50)54)57-35-43-22-12-13-23-46(43)58(51)59(57)62/h3-37H,1-2H3. The van der Waals surface area contributed by atoms with Gasteiger partial charge in [-0.25, -0.2) is 0 Å². The molecule has 14 rings (SSSR count). The number of anilines is 2. The molecule has 3 aliphatic rings. The Morgan fingerprint density at radius 2 is 1.02 bits per heavy atom. The van der Waals surface area contributed by atoms with E-state index in [1.165, 1.54) is 127 Å². The largest absolute Gasteiger partial charge is 0.376 e. The first-order valence-corrected chi connectivity index (χ1v) is 22.5. The first-order chi connectivity index (χ1) is 31.5. The van der Waals surface area contributed by atoms with Gasteiger partial charge < -0.3 is 9.38 Å². The van der Waals surface area contributed by atoms with Crippen LogP contribution in [0.4, 0.5) is 11.4 Å². The summed E-state index contributed by atoms with van der Waals surface area (Å²) in [6.07, 6.45) is 0. The summed E-state index contributed by atoms with van der Waals surface area (Å²) in [5.74, 6) is 0. The van der Waals surface area contributed by atoms with E-state index in [9.17, 15) is 0 Å². The minimum Gasteiger partial charge on any atom is -0.376 e. The Morgan fingerprint density at radius 1 is 0.406 bits per heavy atom. The number of aromatic nitrogens is 1. The van der Waals surface area contributed by atoms with E-state index in [2.05, 4.69) is 236 Å². The molecule has 0 saturated heterocycles. The van der Waals surface area contributed by atoms with E-state index < -0.39 is 0 Å². The molecule has 298 valence electrons. The average molecular weight is 813 g/mol. The lowest BCUT2D eigenvalue weighted by Gasteiger charge is -2.43. The number of rotatable bonds is 4. The maximum absolute atomic E-state index is 2.70. The van der Waals surface area contributed by atoms with E-state index in [-0.39, 0.29) is 12.3 Å². The van der Waals surface area contributed by atoms with Crippen LogP contribution in [0, 0.1) is 0 Å². The molecule has 0 spiro atoms. The highest BCUT2D eigenvalue weighted by molar-refractivity contribution is 6.94. The fraction of sp³-hybridized carbons (Fsp3) is 0.0492. The first kappa shape index (κ1) is 35.7. The molecule has 3 heteroatoms. The minimum atomic E-state index is -0.163. The Balaban J connectivity index is 1.14. The first-order valence-electron chi connectivity index (χ1n) is 22.5. The highest BCUT2D eigenvalue weighted by Gasteiger charge is 2.46. The average Bonchev–Trinajstić information content (AvgIpc) is 3.80. The lowest BCUT2D eigenvalue weighted by Crippen LogP contribution is -2.60. The van der Waals surface area contributed by atoms with Crippen molar-refractivity contribution in [3.05, 3.63) is 223 Å². The summed E-state index contributed by atoms with van der Waals surface area (Å²) < 4.78 is 2.61. The van der Waals surface area contributed by atoms with Crippen LogP contribution in [-0.4, -0.2) is 11.4 Å². The number of fused-ring (bicyclic) bond motifs is 12. The van der Waals surface area contributed by atoms with Gasteiger partial charge in [-0.15, -0.1) is 0 Å². The fourth-order valence-corrected chi connectivity index (χ4v) is 11.8. The third-order valence-corrected chi connectivity index (χ3v) is 14.7. The van der Waals surface area contributed by atoms with Gasteiger partial charge in [-0.05, 0) is 131 Å². The molecule has 0 bridgehead atoms. The molecule has 0 radical (unpaired) electrons. The quantitative estimate of drug-likeness (QED) is 0.161. The molecule has 10 aromatic carbocycles. The Labute approximate surface area is 373 Å². The predicted octanol–water partition coefficient (Wildman–Crippen LogP) is 14.5. The van der Waals surface area contributed by atoms with Crippen molar-refractivity contribution in [1.29, 1.82) is 0 Å². The molecular formula is C61H41BN2. The van der Waals surface area contributed by atoms with Crippen molar-refractivity contribution in [3.8, 4) is 61.3 Å². The molecule has 1 aromatic heterocycles. The molecule has 2 aliphatic heterocycles. The van der Waals surface area contributed by atoms with Gasteiger partial charge in [-0.3, -0.25) is 0 Å². The van der Waals surface area contributed by atoms with Crippen molar-refractivity contribution in [1.82, 2.24) is 4.57 Å². The Morgan fingerprint density at radius 3 is 1.77 bits per heavy atom. The monoisotopic (exact) mass is 812 g/mol. The van der Waals surface area contributed by atoms with Gasteiger partial charge in [0, 0.05) is 38.8 Å². The van der Waals surface area contributed by atoms with E-state index in [0.717, 1.165) is 0 Å². The van der Waals surface area contributed by atoms with Crippen LogP contribution in [0.1, 0.15) is 25.0 Å². The Bertz CT molecular complexity index is 3730. The zero-order chi connectivity index (χ0) is 42.3. The number of hydrogen-bond donors (Lipinski definition) is 0. The molecule has 64 heavy (non-hydrogen) atoms. The lowest BCUT2D eigenvalue weighted by molar-refractivity contribution is 0.660. The SMILES string of the molecule is CC1(C)c2ccccc2-c2cc3c(cc21)N(c1ccc(-c2ccccc2)cc1)B1c2c(cc4ccccc4c2-3)-n2c3ccc(-c4ccccc4)cc3c3cc(-c4ccccc4)cc1c32. The third-order valence-electron chi connectivity index (χ3n) is 14.7. The summed E-state index contributed by atoms with van der Waals surface area (Å²) in [5, 5.41) is 5.09. The van der Waals surface area contributed by atoms with Crippen LogP contribution >= 0.6 is 0 Å². The van der Waals surface area contributed by atoms with Crippen LogP contribution in [-0.2, 0) is 5.41 Å². The van der Waals surface area contributed by atoms with E-state index in [4.69, 9.17) is 0 Å². The topological polar surface area (TPSA) is 8.17 Å². The van der Waals surface area contributed by atoms with E-state index >= 15 is 0 Å². The molecule has 0 N–H and O–H groups in total. The smallest absolute Gasteiger partial charge is 0.333 e. The fourth-order valence-electron chi connectivity index (χ4n) is 11.8. The highest BCUT2D eigenvalue weighted by atomic mass is 15.1. The van der Waals surface area contributed by atoms with Gasteiger partial charge in [0.25, 0.3) is 0 Å². The van der Waals surface area contributed by atoms with Crippen LogP contribution in [0.2, 0.25) is 0 Å². The number of benzene rings is 10. The van der Waals surface area contributed by atoms with E-state index in [1.54, 1.807) is 0 Å². The molecule has 2 nitrogen and oxygen atoms in total. The molecule has 0 amide bonds. The maximum atomic E-state index is 2.70. The highest BCUT2D eigenvalue weighted by Crippen LogP contribution is 2.55. The van der Waals surface area contributed by atoms with Gasteiger partial charge in [0.1, 0.15) is 0 Å². The van der Waals surface area contributed by atoms with Crippen LogP contribution in [0.5, 0.6) is 0 Å². The molecule has 1 aliphatic carbocycles. The summed E-state index contributed by atoms with van der Waals surface area (Å²) >= 11 is 0. The summed E-state index contributed by atoms with van der Waals surface area (Å²) in [6.45, 7) is 4.69. The van der Waals surface area contributed by atoms with Crippen LogP contribution in [0.15, 0.2) is 212 Å². The van der Waals surface area contributed by atoms with Gasteiger partial charge in [0.2, 0.25) is 0 Å². The van der Waals surface area contributed by atoms with E-state index in [0.29, 0.717) is 0 Å². The minimum absolute atomic E-state index is 0.119. The molecular weight excluding hydrogens is 771 g/mol. The van der Waals surface area contributed by atoms with Gasteiger partial charge in [0.15, 0.2) is 0 Å². The van der Waals surface area contributed by atoms with Crippen LogP contribution in [0.3, 0.4) is 0 Å². The molecule has 0 atom stereocenters. The van der Waals surface area contributed by atoms with Gasteiger partial charge in [-0.2, -0.15) is 0 Å². The van der Waals surface area contributed by atoms with Crippen molar-refractivity contribution >= 4 is 61.7 Å². The maximum Gasteiger partial charge on any atom is 0.333 e. The third kappa shape index (κ3) is 4.87.